The molecule has 0 saturated heterocycles. The number of benzene rings is 2. The Balaban J connectivity index is 1.84. The van der Waals surface area contributed by atoms with Crippen molar-refractivity contribution < 1.29 is 19.3 Å². The van der Waals surface area contributed by atoms with Crippen LogP contribution in [-0.2, 0) is 4.79 Å². The van der Waals surface area contributed by atoms with Gasteiger partial charge in [-0.3, -0.25) is 24.5 Å². The molecule has 3 amide bonds. The summed E-state index contributed by atoms with van der Waals surface area (Å²) in [5, 5.41) is 19.1. The summed E-state index contributed by atoms with van der Waals surface area (Å²) >= 11 is 5.81. The number of hydrogen-bond acceptors (Lipinski definition) is 5. The molecule has 0 atom stereocenters. The number of halogens is 1. The third-order valence-electron chi connectivity index (χ3n) is 4.00. The number of hydrogen-bond donors (Lipinski definition) is 3. The quantitative estimate of drug-likeness (QED) is 0.318. The van der Waals surface area contributed by atoms with Crippen LogP contribution in [0.25, 0.3) is 0 Å². The van der Waals surface area contributed by atoms with Crippen LogP contribution in [0.1, 0.15) is 40.5 Å². The van der Waals surface area contributed by atoms with E-state index in [2.05, 4.69) is 16.0 Å². The number of nitrogens with zero attached hydrogens (tertiary/aromatic N) is 1. The van der Waals surface area contributed by atoms with E-state index in [1.807, 2.05) is 6.92 Å². The van der Waals surface area contributed by atoms with Gasteiger partial charge < -0.3 is 16.0 Å². The fraction of sp³-hybridized carbons (Fsp3) is 0.250. The first-order valence-corrected chi connectivity index (χ1v) is 9.60. The second-order valence-corrected chi connectivity index (χ2v) is 6.74. The molecule has 2 aromatic rings. The van der Waals surface area contributed by atoms with Gasteiger partial charge >= 0.3 is 0 Å². The van der Waals surface area contributed by atoms with Gasteiger partial charge in [0.15, 0.2) is 0 Å². The third kappa shape index (κ3) is 6.56. The predicted octanol–water partition coefficient (Wildman–Crippen LogP) is 3.15. The predicted molar refractivity (Wildman–Crippen MR) is 113 cm³/mol. The molecule has 9 nitrogen and oxygen atoms in total. The highest BCUT2D eigenvalue weighted by Crippen LogP contribution is 2.22. The minimum absolute atomic E-state index is 0.0688. The molecule has 0 bridgehead atoms. The Kier molecular flexibility index (Phi) is 8.30. The monoisotopic (exact) mass is 432 g/mol. The van der Waals surface area contributed by atoms with Crippen molar-refractivity contribution >= 4 is 40.7 Å². The molecule has 0 aromatic heterocycles. The highest BCUT2D eigenvalue weighted by atomic mass is 35.5. The standard InChI is InChI=1S/C20H21ClN4O5/c1-2-3-18(26)24-15-7-4-13(5-8-15)19(27)22-10-11-23-20(28)16-12-14(21)6-9-17(16)25(29)30/h4-9,12H,2-3,10-11H2,1H3,(H,22,27)(H,23,28)(H,24,26). The summed E-state index contributed by atoms with van der Waals surface area (Å²) in [5.41, 5.74) is 0.479. The van der Waals surface area contributed by atoms with Gasteiger partial charge in [-0.05, 0) is 42.8 Å². The Morgan fingerprint density at radius 2 is 1.63 bits per heavy atom. The number of carbonyl (C=O) groups excluding carboxylic acids is 3. The smallest absolute Gasteiger partial charge is 0.282 e. The number of nitro groups is 1. The van der Waals surface area contributed by atoms with Gasteiger partial charge in [0.1, 0.15) is 5.56 Å². The van der Waals surface area contributed by atoms with E-state index in [1.54, 1.807) is 24.3 Å². The summed E-state index contributed by atoms with van der Waals surface area (Å²) in [6.45, 7) is 2.10. The van der Waals surface area contributed by atoms with Gasteiger partial charge in [0.2, 0.25) is 5.91 Å². The van der Waals surface area contributed by atoms with E-state index >= 15 is 0 Å². The van der Waals surface area contributed by atoms with Crippen molar-refractivity contribution in [3.63, 3.8) is 0 Å². The van der Waals surface area contributed by atoms with Crippen molar-refractivity contribution in [2.75, 3.05) is 18.4 Å². The van der Waals surface area contributed by atoms with Gasteiger partial charge in [-0.2, -0.15) is 0 Å². The van der Waals surface area contributed by atoms with Crippen molar-refractivity contribution in [2.24, 2.45) is 0 Å². The largest absolute Gasteiger partial charge is 0.350 e. The number of carbonyl (C=O) groups is 3. The Bertz CT molecular complexity index is 947. The van der Waals surface area contributed by atoms with Gasteiger partial charge in [0.25, 0.3) is 17.5 Å². The lowest BCUT2D eigenvalue weighted by Gasteiger charge is -2.09. The molecule has 0 fully saturated rings. The first-order valence-electron chi connectivity index (χ1n) is 9.22. The molecule has 3 N–H and O–H groups in total. The zero-order valence-electron chi connectivity index (χ0n) is 16.2. The Morgan fingerprint density at radius 3 is 2.23 bits per heavy atom. The van der Waals surface area contributed by atoms with Crippen LogP contribution in [0.2, 0.25) is 5.02 Å². The second-order valence-electron chi connectivity index (χ2n) is 6.31. The van der Waals surface area contributed by atoms with Gasteiger partial charge in [-0.25, -0.2) is 0 Å². The van der Waals surface area contributed by atoms with Crippen LogP contribution in [-0.4, -0.2) is 35.7 Å². The Morgan fingerprint density at radius 1 is 1.00 bits per heavy atom. The average Bonchev–Trinajstić information content (AvgIpc) is 2.71. The van der Waals surface area contributed by atoms with E-state index in [1.165, 1.54) is 12.1 Å². The Hall–Kier alpha value is -3.46. The number of nitro benzene ring substituents is 1. The second kappa shape index (κ2) is 10.9. The van der Waals surface area contributed by atoms with E-state index in [9.17, 15) is 24.5 Å². The van der Waals surface area contributed by atoms with E-state index in [0.29, 0.717) is 17.7 Å². The summed E-state index contributed by atoms with van der Waals surface area (Å²) in [7, 11) is 0. The normalized spacial score (nSPS) is 10.2. The van der Waals surface area contributed by atoms with Crippen LogP contribution in [0, 0.1) is 10.1 Å². The summed E-state index contributed by atoms with van der Waals surface area (Å²) in [5.74, 6) is -1.11. The zero-order chi connectivity index (χ0) is 22.1. The molecular formula is C20H21ClN4O5. The molecule has 0 saturated carbocycles. The van der Waals surface area contributed by atoms with Crippen molar-refractivity contribution in [2.45, 2.75) is 19.8 Å². The van der Waals surface area contributed by atoms with Crippen molar-refractivity contribution in [3.05, 3.63) is 68.7 Å². The molecular weight excluding hydrogens is 412 g/mol. The minimum atomic E-state index is -0.665. The van der Waals surface area contributed by atoms with Crippen molar-refractivity contribution in [1.82, 2.24) is 10.6 Å². The Labute approximate surface area is 177 Å². The van der Waals surface area contributed by atoms with Crippen LogP contribution >= 0.6 is 11.6 Å². The summed E-state index contributed by atoms with van der Waals surface area (Å²) in [6, 6.07) is 10.1. The number of nitrogens with one attached hydrogen (secondary N) is 3. The van der Waals surface area contributed by atoms with Gasteiger partial charge in [0.05, 0.1) is 4.92 Å². The summed E-state index contributed by atoms with van der Waals surface area (Å²) in [4.78, 5) is 46.3. The van der Waals surface area contributed by atoms with Gasteiger partial charge in [-0.15, -0.1) is 0 Å². The molecule has 0 aliphatic heterocycles. The zero-order valence-corrected chi connectivity index (χ0v) is 17.0. The molecule has 10 heteroatoms. The summed E-state index contributed by atoms with van der Waals surface area (Å²) < 4.78 is 0. The highest BCUT2D eigenvalue weighted by Gasteiger charge is 2.20. The molecule has 0 heterocycles. The molecule has 0 aliphatic rings. The SMILES string of the molecule is CCCC(=O)Nc1ccc(C(=O)NCCNC(=O)c2cc(Cl)ccc2[N+](=O)[O-])cc1. The maximum atomic E-state index is 12.2. The van der Waals surface area contributed by atoms with E-state index in [4.69, 9.17) is 11.6 Å². The molecule has 0 aliphatic carbocycles. The maximum Gasteiger partial charge on any atom is 0.282 e. The van der Waals surface area contributed by atoms with E-state index < -0.39 is 10.8 Å². The molecule has 2 rings (SSSR count). The van der Waals surface area contributed by atoms with Gasteiger partial charge in [-0.1, -0.05) is 18.5 Å². The van der Waals surface area contributed by atoms with Crippen LogP contribution in [0.5, 0.6) is 0 Å². The summed E-state index contributed by atoms with van der Waals surface area (Å²) in [6.07, 6.45) is 1.17. The van der Waals surface area contributed by atoms with E-state index in [-0.39, 0.29) is 41.2 Å². The molecule has 0 spiro atoms. The van der Waals surface area contributed by atoms with Crippen LogP contribution in [0.15, 0.2) is 42.5 Å². The highest BCUT2D eigenvalue weighted by molar-refractivity contribution is 6.31. The fourth-order valence-electron chi connectivity index (χ4n) is 2.55. The first-order chi connectivity index (χ1) is 14.3. The molecule has 0 radical (unpaired) electrons. The lowest BCUT2D eigenvalue weighted by atomic mass is 10.1. The number of amides is 3. The molecule has 2 aromatic carbocycles. The first kappa shape index (κ1) is 22.8. The molecule has 30 heavy (non-hydrogen) atoms. The van der Waals surface area contributed by atoms with Crippen molar-refractivity contribution in [1.29, 1.82) is 0 Å². The van der Waals surface area contributed by atoms with E-state index in [0.717, 1.165) is 12.5 Å². The van der Waals surface area contributed by atoms with Gasteiger partial charge in [0, 0.05) is 41.9 Å². The van der Waals surface area contributed by atoms with Crippen molar-refractivity contribution in [3.8, 4) is 0 Å². The molecule has 158 valence electrons. The van der Waals surface area contributed by atoms with Crippen LogP contribution in [0.4, 0.5) is 11.4 Å². The third-order valence-corrected chi connectivity index (χ3v) is 4.24. The maximum absolute atomic E-state index is 12.2. The average molecular weight is 433 g/mol. The van der Waals surface area contributed by atoms with Crippen LogP contribution < -0.4 is 16.0 Å². The number of anilines is 1. The fourth-order valence-corrected chi connectivity index (χ4v) is 2.73. The minimum Gasteiger partial charge on any atom is -0.350 e. The number of rotatable bonds is 9. The topological polar surface area (TPSA) is 130 Å². The lowest BCUT2D eigenvalue weighted by molar-refractivity contribution is -0.385. The van der Waals surface area contributed by atoms with Crippen LogP contribution in [0.3, 0.4) is 0 Å². The molecule has 0 unspecified atom stereocenters. The lowest BCUT2D eigenvalue weighted by Crippen LogP contribution is -2.34.